The molecule has 4 heteroatoms. The topological polar surface area (TPSA) is 51.8 Å². The number of fused-ring (bicyclic) bond motifs is 5. The number of nitrogens with zero attached hydrogens (tertiary/aromatic N) is 3. The van der Waals surface area contributed by atoms with Crippen molar-refractivity contribution in [1.82, 2.24) is 15.0 Å². The van der Waals surface area contributed by atoms with Crippen LogP contribution in [0.4, 0.5) is 0 Å². The highest BCUT2D eigenvalue weighted by Crippen LogP contribution is 2.38. The molecule has 0 spiro atoms. The molecule has 4 nitrogen and oxygen atoms in total. The summed E-state index contributed by atoms with van der Waals surface area (Å²) >= 11 is 0. The van der Waals surface area contributed by atoms with Crippen molar-refractivity contribution in [2.45, 2.75) is 0 Å². The maximum Gasteiger partial charge on any atom is 0.164 e. The van der Waals surface area contributed by atoms with E-state index < -0.39 is 0 Å². The Bertz CT molecular complexity index is 2130. The Kier molecular flexibility index (Phi) is 5.42. The Hall–Kier alpha value is -5.61. The van der Waals surface area contributed by atoms with Crippen molar-refractivity contribution in [2.24, 2.45) is 0 Å². The maximum atomic E-state index is 6.31. The predicted octanol–water partition coefficient (Wildman–Crippen LogP) is 9.59. The van der Waals surface area contributed by atoms with Gasteiger partial charge in [-0.25, -0.2) is 15.0 Å². The number of rotatable bonds is 4. The van der Waals surface area contributed by atoms with Crippen LogP contribution in [0.15, 0.2) is 144 Å². The average Bonchev–Trinajstić information content (AvgIpc) is 3.45. The Morgan fingerprint density at radius 2 is 0.829 bits per heavy atom. The van der Waals surface area contributed by atoms with Gasteiger partial charge in [-0.1, -0.05) is 127 Å². The fourth-order valence-electron chi connectivity index (χ4n) is 5.53. The summed E-state index contributed by atoms with van der Waals surface area (Å²) in [7, 11) is 0. The van der Waals surface area contributed by atoms with E-state index in [1.807, 2.05) is 72.8 Å². The van der Waals surface area contributed by atoms with Gasteiger partial charge in [-0.2, -0.15) is 0 Å². The summed E-state index contributed by atoms with van der Waals surface area (Å²) in [6.45, 7) is 0. The Morgan fingerprint density at radius 1 is 0.341 bits per heavy atom. The molecule has 0 N–H and O–H groups in total. The molecule has 0 saturated carbocycles. The summed E-state index contributed by atoms with van der Waals surface area (Å²) in [5, 5.41) is 4.54. The molecule has 0 radical (unpaired) electrons. The molecule has 0 atom stereocenters. The summed E-state index contributed by atoms with van der Waals surface area (Å²) in [4.78, 5) is 14.6. The van der Waals surface area contributed by atoms with Crippen LogP contribution in [0.25, 0.3) is 78.0 Å². The van der Waals surface area contributed by atoms with E-state index in [2.05, 4.69) is 66.7 Å². The summed E-state index contributed by atoms with van der Waals surface area (Å²) in [6.07, 6.45) is 0. The third-order valence-corrected chi connectivity index (χ3v) is 7.55. The monoisotopic (exact) mass is 525 g/mol. The van der Waals surface area contributed by atoms with Gasteiger partial charge in [-0.3, -0.25) is 0 Å². The van der Waals surface area contributed by atoms with Gasteiger partial charge in [0.05, 0.1) is 0 Å². The summed E-state index contributed by atoms with van der Waals surface area (Å²) in [5.74, 6) is 1.95. The first kappa shape index (κ1) is 23.3. The molecule has 0 bridgehead atoms. The molecule has 0 fully saturated rings. The second-order valence-electron chi connectivity index (χ2n) is 10.1. The molecule has 0 aliphatic heterocycles. The lowest BCUT2D eigenvalue weighted by atomic mass is 9.96. The summed E-state index contributed by atoms with van der Waals surface area (Å²) in [5.41, 5.74) is 6.96. The highest BCUT2D eigenvalue weighted by molar-refractivity contribution is 6.17. The minimum atomic E-state index is 0.645. The quantitative estimate of drug-likeness (QED) is 0.230. The number of para-hydroxylation sites is 1. The highest BCUT2D eigenvalue weighted by atomic mass is 16.3. The van der Waals surface area contributed by atoms with Crippen molar-refractivity contribution in [2.75, 3.05) is 0 Å². The van der Waals surface area contributed by atoms with Gasteiger partial charge in [-0.15, -0.1) is 0 Å². The third kappa shape index (κ3) is 4.05. The minimum Gasteiger partial charge on any atom is -0.455 e. The summed E-state index contributed by atoms with van der Waals surface area (Å²) < 4.78 is 6.31. The molecule has 6 aromatic carbocycles. The van der Waals surface area contributed by atoms with E-state index in [1.165, 1.54) is 0 Å². The molecule has 2 aromatic heterocycles. The van der Waals surface area contributed by atoms with Crippen LogP contribution in [0.1, 0.15) is 0 Å². The molecule has 192 valence electrons. The minimum absolute atomic E-state index is 0.645. The lowest BCUT2D eigenvalue weighted by Crippen LogP contribution is -2.00. The zero-order valence-corrected chi connectivity index (χ0v) is 22.0. The van der Waals surface area contributed by atoms with Crippen LogP contribution in [0.5, 0.6) is 0 Å². The van der Waals surface area contributed by atoms with E-state index in [0.29, 0.717) is 17.5 Å². The molecule has 0 aliphatic rings. The molecule has 0 amide bonds. The van der Waals surface area contributed by atoms with E-state index in [-0.39, 0.29) is 0 Å². The normalized spacial score (nSPS) is 11.4. The second kappa shape index (κ2) is 9.54. The first-order chi connectivity index (χ1) is 20.3. The molecule has 8 rings (SSSR count). The van der Waals surface area contributed by atoms with Gasteiger partial charge in [0.25, 0.3) is 0 Å². The number of furan rings is 1. The van der Waals surface area contributed by atoms with E-state index in [1.54, 1.807) is 0 Å². The van der Waals surface area contributed by atoms with Crippen molar-refractivity contribution in [1.29, 1.82) is 0 Å². The van der Waals surface area contributed by atoms with Crippen molar-refractivity contribution in [3.05, 3.63) is 140 Å². The lowest BCUT2D eigenvalue weighted by molar-refractivity contribution is 0.672. The average molecular weight is 526 g/mol. The first-order valence-electron chi connectivity index (χ1n) is 13.6. The zero-order chi connectivity index (χ0) is 27.2. The molecule has 2 heterocycles. The smallest absolute Gasteiger partial charge is 0.164 e. The van der Waals surface area contributed by atoms with Crippen molar-refractivity contribution in [3.8, 4) is 45.3 Å². The van der Waals surface area contributed by atoms with E-state index in [9.17, 15) is 0 Å². The Labute approximate surface area is 236 Å². The first-order valence-corrected chi connectivity index (χ1v) is 13.6. The van der Waals surface area contributed by atoms with Crippen LogP contribution < -0.4 is 0 Å². The van der Waals surface area contributed by atoms with Crippen LogP contribution in [0, 0.1) is 0 Å². The van der Waals surface area contributed by atoms with Crippen molar-refractivity contribution in [3.63, 3.8) is 0 Å². The van der Waals surface area contributed by atoms with E-state index in [0.717, 1.165) is 60.5 Å². The molecule has 41 heavy (non-hydrogen) atoms. The molecule has 0 unspecified atom stereocenters. The van der Waals surface area contributed by atoms with Crippen LogP contribution >= 0.6 is 0 Å². The second-order valence-corrected chi connectivity index (χ2v) is 10.1. The molecule has 0 saturated heterocycles. The summed E-state index contributed by atoms with van der Waals surface area (Å²) in [6, 6.07) is 47.5. The molecular weight excluding hydrogens is 502 g/mol. The van der Waals surface area contributed by atoms with Gasteiger partial charge in [-0.05, 0) is 28.6 Å². The van der Waals surface area contributed by atoms with Crippen LogP contribution in [0.2, 0.25) is 0 Å². The number of benzene rings is 6. The maximum absolute atomic E-state index is 6.31. The van der Waals surface area contributed by atoms with Gasteiger partial charge in [0.15, 0.2) is 17.5 Å². The molecule has 0 aliphatic carbocycles. The number of hydrogen-bond donors (Lipinski definition) is 0. The van der Waals surface area contributed by atoms with Crippen LogP contribution in [0.3, 0.4) is 0 Å². The van der Waals surface area contributed by atoms with Gasteiger partial charge in [0.1, 0.15) is 11.2 Å². The lowest BCUT2D eigenvalue weighted by Gasteiger charge is -2.10. The number of hydrogen-bond acceptors (Lipinski definition) is 4. The molecular formula is C37H23N3O. The van der Waals surface area contributed by atoms with Gasteiger partial charge in [0.2, 0.25) is 0 Å². The van der Waals surface area contributed by atoms with Gasteiger partial charge < -0.3 is 4.42 Å². The Balaban J connectivity index is 1.23. The fraction of sp³-hybridized carbons (Fsp3) is 0. The number of aromatic nitrogens is 3. The largest absolute Gasteiger partial charge is 0.455 e. The van der Waals surface area contributed by atoms with Gasteiger partial charge >= 0.3 is 0 Å². The Morgan fingerprint density at radius 3 is 1.49 bits per heavy atom. The van der Waals surface area contributed by atoms with E-state index in [4.69, 9.17) is 19.4 Å². The standard InChI is InChI=1S/C37H23N3O/c1-3-10-25(11-4-1)35-38-36(26-12-5-2-6-13-26)40-37(39-35)27-20-18-24(19-21-27)28-15-9-16-31-29(28)22-23-32-30-14-7-8-17-33(30)41-34(31)32/h1-23H. The SMILES string of the molecule is c1ccc(-c2nc(-c3ccccc3)nc(-c3ccc(-c4cccc5c4ccc4c6ccccc6oc54)cc3)n2)cc1. The third-order valence-electron chi connectivity index (χ3n) is 7.55. The fourth-order valence-corrected chi connectivity index (χ4v) is 5.53. The molecule has 8 aromatic rings. The highest BCUT2D eigenvalue weighted by Gasteiger charge is 2.14. The van der Waals surface area contributed by atoms with Crippen LogP contribution in [-0.4, -0.2) is 15.0 Å². The predicted molar refractivity (Wildman–Crippen MR) is 166 cm³/mol. The van der Waals surface area contributed by atoms with Crippen molar-refractivity contribution >= 4 is 32.7 Å². The van der Waals surface area contributed by atoms with Gasteiger partial charge in [0, 0.05) is 32.8 Å². The van der Waals surface area contributed by atoms with Crippen molar-refractivity contribution < 1.29 is 4.42 Å². The zero-order valence-electron chi connectivity index (χ0n) is 22.0. The van der Waals surface area contributed by atoms with Crippen LogP contribution in [-0.2, 0) is 0 Å². The van der Waals surface area contributed by atoms with E-state index >= 15 is 0 Å².